The molecule has 29 heavy (non-hydrogen) atoms. The molecule has 0 atom stereocenters. The highest BCUT2D eigenvalue weighted by molar-refractivity contribution is 6.30. The van der Waals surface area contributed by atoms with Gasteiger partial charge in [0, 0.05) is 23.8 Å². The Hall–Kier alpha value is -3.25. The van der Waals surface area contributed by atoms with Gasteiger partial charge >= 0.3 is 0 Å². The molecule has 3 aromatic rings. The molecule has 0 aliphatic carbocycles. The van der Waals surface area contributed by atoms with Gasteiger partial charge in [0.2, 0.25) is 0 Å². The lowest BCUT2D eigenvalue weighted by molar-refractivity contribution is -0.118. The Morgan fingerprint density at radius 3 is 2.69 bits per heavy atom. The van der Waals surface area contributed by atoms with Crippen molar-refractivity contribution in [1.29, 1.82) is 0 Å². The number of anilines is 1. The molecule has 6 nitrogen and oxygen atoms in total. The molecule has 0 spiro atoms. The number of carbonyl (C=O) groups excluding carboxylic acids is 2. The highest BCUT2D eigenvalue weighted by Gasteiger charge is 2.23. The zero-order chi connectivity index (χ0) is 20.2. The second-order valence-electron chi connectivity index (χ2n) is 6.73. The number of rotatable bonds is 5. The minimum atomic E-state index is -0.265. The summed E-state index contributed by atoms with van der Waals surface area (Å²) in [4.78, 5) is 26.5. The van der Waals surface area contributed by atoms with Gasteiger partial charge in [-0.15, -0.1) is 0 Å². The Bertz CT molecular complexity index is 1020. The van der Waals surface area contributed by atoms with Crippen LogP contribution in [0.4, 0.5) is 5.69 Å². The van der Waals surface area contributed by atoms with E-state index in [1.54, 1.807) is 41.3 Å². The highest BCUT2D eigenvalue weighted by Crippen LogP contribution is 2.24. The lowest BCUT2D eigenvalue weighted by atomic mass is 9.99. The van der Waals surface area contributed by atoms with Gasteiger partial charge in [0.25, 0.3) is 11.8 Å². The maximum atomic E-state index is 12.5. The van der Waals surface area contributed by atoms with E-state index >= 15 is 0 Å². The molecular formula is C22H19ClN2O4. The summed E-state index contributed by atoms with van der Waals surface area (Å²) in [6, 6.07) is 15.9. The second kappa shape index (κ2) is 8.41. The van der Waals surface area contributed by atoms with Crippen molar-refractivity contribution >= 4 is 29.1 Å². The van der Waals surface area contributed by atoms with E-state index in [0.717, 1.165) is 12.0 Å². The molecule has 1 aliphatic heterocycles. The summed E-state index contributed by atoms with van der Waals surface area (Å²) in [7, 11) is 0. The number of furan rings is 1. The van der Waals surface area contributed by atoms with Crippen LogP contribution in [0.1, 0.15) is 21.7 Å². The van der Waals surface area contributed by atoms with Crippen molar-refractivity contribution in [3.63, 3.8) is 0 Å². The average molecular weight is 411 g/mol. The monoisotopic (exact) mass is 410 g/mol. The molecule has 0 radical (unpaired) electrons. The molecule has 7 heteroatoms. The smallest absolute Gasteiger partial charge is 0.289 e. The SMILES string of the molecule is O=C(COc1ccc(Cl)cc1)Nc1ccc2c(c1)CN(C(=O)c1ccco1)CC2. The Balaban J connectivity index is 1.37. The first-order valence-corrected chi connectivity index (χ1v) is 9.59. The van der Waals surface area contributed by atoms with E-state index in [2.05, 4.69) is 5.32 Å². The van der Waals surface area contributed by atoms with Crippen molar-refractivity contribution in [3.8, 4) is 5.75 Å². The zero-order valence-corrected chi connectivity index (χ0v) is 16.3. The van der Waals surface area contributed by atoms with Crippen molar-refractivity contribution in [3.05, 3.63) is 82.8 Å². The van der Waals surface area contributed by atoms with Gasteiger partial charge in [-0.05, 0) is 66.1 Å². The minimum absolute atomic E-state index is 0.109. The summed E-state index contributed by atoms with van der Waals surface area (Å²) in [5, 5.41) is 3.44. The number of nitrogens with one attached hydrogen (secondary N) is 1. The van der Waals surface area contributed by atoms with E-state index in [4.69, 9.17) is 20.8 Å². The molecule has 2 amide bonds. The molecule has 1 aromatic heterocycles. The van der Waals surface area contributed by atoms with Crippen LogP contribution in [0.25, 0.3) is 0 Å². The maximum absolute atomic E-state index is 12.5. The van der Waals surface area contributed by atoms with Crippen molar-refractivity contribution in [2.45, 2.75) is 13.0 Å². The Morgan fingerprint density at radius 2 is 1.93 bits per heavy atom. The van der Waals surface area contributed by atoms with Gasteiger partial charge in [0.15, 0.2) is 12.4 Å². The lowest BCUT2D eigenvalue weighted by Gasteiger charge is -2.28. The number of fused-ring (bicyclic) bond motifs is 1. The molecule has 0 unspecified atom stereocenters. The number of ether oxygens (including phenoxy) is 1. The number of hydrogen-bond acceptors (Lipinski definition) is 4. The standard InChI is InChI=1S/C22H19ClN2O4/c23-17-4-7-19(8-5-17)29-14-21(26)24-18-6-3-15-9-10-25(13-16(15)12-18)22(27)20-2-1-11-28-20/h1-8,11-12H,9-10,13-14H2,(H,24,26). The average Bonchev–Trinajstić information content (AvgIpc) is 3.27. The zero-order valence-electron chi connectivity index (χ0n) is 15.6. The van der Waals surface area contributed by atoms with Gasteiger partial charge in [-0.25, -0.2) is 0 Å². The first-order chi connectivity index (χ1) is 14.1. The molecule has 1 N–H and O–H groups in total. The fourth-order valence-electron chi connectivity index (χ4n) is 3.24. The molecule has 0 fully saturated rings. The number of hydrogen-bond donors (Lipinski definition) is 1. The molecule has 0 saturated carbocycles. The van der Waals surface area contributed by atoms with Gasteiger partial charge in [-0.3, -0.25) is 9.59 Å². The largest absolute Gasteiger partial charge is 0.484 e. The van der Waals surface area contributed by atoms with Crippen LogP contribution in [0, 0.1) is 0 Å². The Labute approximate surface area is 173 Å². The van der Waals surface area contributed by atoms with Crippen molar-refractivity contribution in [2.75, 3.05) is 18.5 Å². The summed E-state index contributed by atoms with van der Waals surface area (Å²) in [5.41, 5.74) is 2.84. The van der Waals surface area contributed by atoms with Gasteiger partial charge in [-0.2, -0.15) is 0 Å². The highest BCUT2D eigenvalue weighted by atomic mass is 35.5. The van der Waals surface area contributed by atoms with Crippen LogP contribution < -0.4 is 10.1 Å². The first-order valence-electron chi connectivity index (χ1n) is 9.21. The predicted molar refractivity (Wildman–Crippen MR) is 109 cm³/mol. The minimum Gasteiger partial charge on any atom is -0.484 e. The molecular weight excluding hydrogens is 392 g/mol. The van der Waals surface area contributed by atoms with E-state index < -0.39 is 0 Å². The van der Waals surface area contributed by atoms with Gasteiger partial charge in [-0.1, -0.05) is 17.7 Å². The van der Waals surface area contributed by atoms with Crippen LogP contribution in [0.15, 0.2) is 65.3 Å². The lowest BCUT2D eigenvalue weighted by Crippen LogP contribution is -2.35. The van der Waals surface area contributed by atoms with Crippen LogP contribution >= 0.6 is 11.6 Å². The Kier molecular flexibility index (Phi) is 5.53. The second-order valence-corrected chi connectivity index (χ2v) is 7.16. The van der Waals surface area contributed by atoms with Crippen molar-refractivity contribution in [2.24, 2.45) is 0 Å². The number of amides is 2. The van der Waals surface area contributed by atoms with E-state index in [1.165, 1.54) is 11.8 Å². The molecule has 0 saturated heterocycles. The van der Waals surface area contributed by atoms with Gasteiger partial charge in [0.1, 0.15) is 5.75 Å². The summed E-state index contributed by atoms with van der Waals surface area (Å²) < 4.78 is 10.7. The first kappa shape index (κ1) is 19.1. The van der Waals surface area contributed by atoms with E-state index in [-0.39, 0.29) is 18.4 Å². The third-order valence-electron chi connectivity index (χ3n) is 4.71. The number of carbonyl (C=O) groups is 2. The fraction of sp³-hybridized carbons (Fsp3) is 0.182. The van der Waals surface area contributed by atoms with E-state index in [0.29, 0.717) is 35.3 Å². The summed E-state index contributed by atoms with van der Waals surface area (Å²) in [6.45, 7) is 0.995. The van der Waals surface area contributed by atoms with Crippen LogP contribution in [0.2, 0.25) is 5.02 Å². The van der Waals surface area contributed by atoms with E-state index in [1.807, 2.05) is 18.2 Å². The molecule has 2 aromatic carbocycles. The van der Waals surface area contributed by atoms with Crippen LogP contribution in [-0.2, 0) is 17.8 Å². The number of benzene rings is 2. The summed E-state index contributed by atoms with van der Waals surface area (Å²) >= 11 is 5.83. The van der Waals surface area contributed by atoms with Gasteiger partial charge < -0.3 is 19.4 Å². The van der Waals surface area contributed by atoms with Crippen molar-refractivity contribution < 1.29 is 18.7 Å². The fourth-order valence-corrected chi connectivity index (χ4v) is 3.37. The molecule has 0 bridgehead atoms. The maximum Gasteiger partial charge on any atom is 0.289 e. The topological polar surface area (TPSA) is 71.8 Å². The predicted octanol–water partition coefficient (Wildman–Crippen LogP) is 4.15. The number of halogens is 1. The number of nitrogens with zero attached hydrogens (tertiary/aromatic N) is 1. The Morgan fingerprint density at radius 1 is 1.10 bits per heavy atom. The third kappa shape index (κ3) is 4.60. The summed E-state index contributed by atoms with van der Waals surface area (Å²) in [5.74, 6) is 0.505. The van der Waals surface area contributed by atoms with Crippen LogP contribution in [0.3, 0.4) is 0 Å². The molecule has 2 heterocycles. The third-order valence-corrected chi connectivity index (χ3v) is 4.96. The van der Waals surface area contributed by atoms with Crippen LogP contribution in [0.5, 0.6) is 5.75 Å². The molecule has 148 valence electrons. The molecule has 4 rings (SSSR count). The quantitative estimate of drug-likeness (QED) is 0.685. The van der Waals surface area contributed by atoms with E-state index in [9.17, 15) is 9.59 Å². The van der Waals surface area contributed by atoms with Gasteiger partial charge in [0.05, 0.1) is 6.26 Å². The van der Waals surface area contributed by atoms with Crippen molar-refractivity contribution in [1.82, 2.24) is 4.90 Å². The van der Waals surface area contributed by atoms with Crippen LogP contribution in [-0.4, -0.2) is 29.9 Å². The normalized spacial score (nSPS) is 12.9. The summed E-state index contributed by atoms with van der Waals surface area (Å²) in [6.07, 6.45) is 2.25. The molecule has 1 aliphatic rings.